The fourth-order valence-corrected chi connectivity index (χ4v) is 0.920. The van der Waals surface area contributed by atoms with E-state index in [9.17, 15) is 4.79 Å². The molecule has 0 aliphatic carbocycles. The summed E-state index contributed by atoms with van der Waals surface area (Å²) in [5.74, 6) is 0.0127. The fourth-order valence-electron chi connectivity index (χ4n) is 0.920. The fraction of sp³-hybridized carbons (Fsp3) is 0.700. The van der Waals surface area contributed by atoms with E-state index in [4.69, 9.17) is 0 Å². The van der Waals surface area contributed by atoms with Crippen LogP contribution in [-0.2, 0) is 4.79 Å². The highest BCUT2D eigenvalue weighted by molar-refractivity contribution is 5.87. The monoisotopic (exact) mass is 184 g/mol. The van der Waals surface area contributed by atoms with Crippen LogP contribution in [0.15, 0.2) is 11.6 Å². The molecule has 0 saturated carbocycles. The van der Waals surface area contributed by atoms with E-state index >= 15 is 0 Å². The van der Waals surface area contributed by atoms with E-state index in [2.05, 4.69) is 10.2 Å². The summed E-state index contributed by atoms with van der Waals surface area (Å²) in [7, 11) is 4.05. The molecule has 0 bridgehead atoms. The normalized spacial score (nSPS) is 9.92. The molecule has 0 spiro atoms. The molecule has 13 heavy (non-hydrogen) atoms. The molecule has 0 aromatic heterocycles. The van der Waals surface area contributed by atoms with Gasteiger partial charge in [0, 0.05) is 12.6 Å². The first-order chi connectivity index (χ1) is 6.02. The minimum atomic E-state index is 0.0127. The molecule has 0 heterocycles. The molecule has 0 aliphatic rings. The van der Waals surface area contributed by atoms with E-state index in [-0.39, 0.29) is 5.91 Å². The Bertz CT molecular complexity index is 181. The van der Waals surface area contributed by atoms with E-state index in [0.29, 0.717) is 0 Å². The Morgan fingerprint density at radius 1 is 1.38 bits per heavy atom. The van der Waals surface area contributed by atoms with Crippen LogP contribution in [0, 0.1) is 0 Å². The summed E-state index contributed by atoms with van der Waals surface area (Å²) in [4.78, 5) is 13.2. The van der Waals surface area contributed by atoms with Crippen LogP contribution < -0.4 is 5.32 Å². The molecule has 0 aliphatic heterocycles. The molecule has 76 valence electrons. The third-order valence-corrected chi connectivity index (χ3v) is 1.50. The summed E-state index contributed by atoms with van der Waals surface area (Å²) in [6.07, 6.45) is 2.62. The van der Waals surface area contributed by atoms with Crippen LogP contribution in [0.3, 0.4) is 0 Å². The number of nitrogens with one attached hydrogen (secondary N) is 1. The van der Waals surface area contributed by atoms with Gasteiger partial charge in [-0.05, 0) is 40.9 Å². The first kappa shape index (κ1) is 12.2. The van der Waals surface area contributed by atoms with E-state index in [0.717, 1.165) is 25.1 Å². The first-order valence-electron chi connectivity index (χ1n) is 4.60. The third kappa shape index (κ3) is 9.08. The molecule has 0 rings (SSSR count). The van der Waals surface area contributed by atoms with Crippen LogP contribution >= 0.6 is 0 Å². The summed E-state index contributed by atoms with van der Waals surface area (Å²) in [5.41, 5.74) is 1.03. The Morgan fingerprint density at radius 3 is 2.46 bits per heavy atom. The third-order valence-electron chi connectivity index (χ3n) is 1.50. The highest BCUT2D eigenvalue weighted by Gasteiger charge is 1.95. The van der Waals surface area contributed by atoms with Crippen molar-refractivity contribution in [1.82, 2.24) is 10.2 Å². The number of allylic oxidation sites excluding steroid dienone is 1. The number of amides is 1. The van der Waals surface area contributed by atoms with E-state index in [1.54, 1.807) is 6.08 Å². The quantitative estimate of drug-likeness (QED) is 0.511. The maximum Gasteiger partial charge on any atom is 0.243 e. The van der Waals surface area contributed by atoms with Gasteiger partial charge in [0.2, 0.25) is 5.91 Å². The van der Waals surface area contributed by atoms with Gasteiger partial charge in [0.05, 0.1) is 0 Å². The molecule has 1 N–H and O–H groups in total. The Labute approximate surface area is 80.8 Å². The predicted molar refractivity (Wildman–Crippen MR) is 55.6 cm³/mol. The smallest absolute Gasteiger partial charge is 0.243 e. The molecule has 3 heteroatoms. The molecular formula is C10H20N2O. The second-order valence-corrected chi connectivity index (χ2v) is 3.67. The standard InChI is InChI=1S/C10H20N2O/c1-9(2)8-10(13)11-6-5-7-12(3)4/h8H,5-7H2,1-4H3,(H,11,13). The second kappa shape index (κ2) is 6.66. The Kier molecular flexibility index (Phi) is 6.24. The van der Waals surface area contributed by atoms with Crippen LogP contribution in [0.5, 0.6) is 0 Å². The van der Waals surface area contributed by atoms with Gasteiger partial charge in [-0.15, -0.1) is 0 Å². The van der Waals surface area contributed by atoms with Crippen molar-refractivity contribution in [2.24, 2.45) is 0 Å². The summed E-state index contributed by atoms with van der Waals surface area (Å²) >= 11 is 0. The second-order valence-electron chi connectivity index (χ2n) is 3.67. The van der Waals surface area contributed by atoms with Crippen molar-refractivity contribution in [3.8, 4) is 0 Å². The molecule has 0 fully saturated rings. The molecule has 1 amide bonds. The lowest BCUT2D eigenvalue weighted by atomic mass is 10.3. The number of rotatable bonds is 5. The van der Waals surface area contributed by atoms with Gasteiger partial charge in [0.15, 0.2) is 0 Å². The van der Waals surface area contributed by atoms with Crippen molar-refractivity contribution < 1.29 is 4.79 Å². The summed E-state index contributed by atoms with van der Waals surface area (Å²) in [6.45, 7) is 5.59. The number of nitrogens with zero attached hydrogens (tertiary/aromatic N) is 1. The van der Waals surface area contributed by atoms with Gasteiger partial charge in [0.25, 0.3) is 0 Å². The van der Waals surface area contributed by atoms with Crippen molar-refractivity contribution in [2.45, 2.75) is 20.3 Å². The van der Waals surface area contributed by atoms with Gasteiger partial charge in [-0.2, -0.15) is 0 Å². The summed E-state index contributed by atoms with van der Waals surface area (Å²) < 4.78 is 0. The Hall–Kier alpha value is -0.830. The number of carbonyl (C=O) groups excluding carboxylic acids is 1. The average molecular weight is 184 g/mol. The van der Waals surface area contributed by atoms with Crippen LogP contribution in [0.1, 0.15) is 20.3 Å². The highest BCUT2D eigenvalue weighted by atomic mass is 16.1. The lowest BCUT2D eigenvalue weighted by Crippen LogP contribution is -2.25. The van der Waals surface area contributed by atoms with Gasteiger partial charge in [-0.3, -0.25) is 4.79 Å². The van der Waals surface area contributed by atoms with E-state index in [1.165, 1.54) is 0 Å². The van der Waals surface area contributed by atoms with Gasteiger partial charge < -0.3 is 10.2 Å². The van der Waals surface area contributed by atoms with Gasteiger partial charge >= 0.3 is 0 Å². The summed E-state index contributed by atoms with van der Waals surface area (Å²) in [6, 6.07) is 0. The van der Waals surface area contributed by atoms with E-state index < -0.39 is 0 Å². The lowest BCUT2D eigenvalue weighted by Gasteiger charge is -2.08. The molecule has 3 nitrogen and oxygen atoms in total. The number of hydrogen-bond acceptors (Lipinski definition) is 2. The molecule has 0 radical (unpaired) electrons. The van der Waals surface area contributed by atoms with Crippen LogP contribution in [-0.4, -0.2) is 38.0 Å². The molecule has 0 aromatic carbocycles. The lowest BCUT2D eigenvalue weighted by molar-refractivity contribution is -0.116. The van der Waals surface area contributed by atoms with Crippen molar-refractivity contribution in [1.29, 1.82) is 0 Å². The van der Waals surface area contributed by atoms with Gasteiger partial charge in [-0.25, -0.2) is 0 Å². The Balaban J connectivity index is 3.44. The maximum atomic E-state index is 11.1. The zero-order valence-electron chi connectivity index (χ0n) is 9.05. The minimum absolute atomic E-state index is 0.0127. The van der Waals surface area contributed by atoms with Gasteiger partial charge in [-0.1, -0.05) is 5.57 Å². The largest absolute Gasteiger partial charge is 0.353 e. The zero-order valence-corrected chi connectivity index (χ0v) is 9.05. The van der Waals surface area contributed by atoms with Crippen LogP contribution in [0.2, 0.25) is 0 Å². The molecule has 0 unspecified atom stereocenters. The van der Waals surface area contributed by atoms with Gasteiger partial charge in [0.1, 0.15) is 0 Å². The van der Waals surface area contributed by atoms with Crippen molar-refractivity contribution >= 4 is 5.91 Å². The van der Waals surface area contributed by atoms with E-state index in [1.807, 2.05) is 27.9 Å². The zero-order chi connectivity index (χ0) is 10.3. The van der Waals surface area contributed by atoms with Crippen molar-refractivity contribution in [3.63, 3.8) is 0 Å². The molecule has 0 saturated heterocycles. The average Bonchev–Trinajstić information content (AvgIpc) is 1.96. The van der Waals surface area contributed by atoms with Crippen LogP contribution in [0.4, 0.5) is 0 Å². The first-order valence-corrected chi connectivity index (χ1v) is 4.60. The van der Waals surface area contributed by atoms with Crippen molar-refractivity contribution in [3.05, 3.63) is 11.6 Å². The van der Waals surface area contributed by atoms with Crippen LogP contribution in [0.25, 0.3) is 0 Å². The highest BCUT2D eigenvalue weighted by Crippen LogP contribution is 1.87. The molecular weight excluding hydrogens is 164 g/mol. The molecule has 0 atom stereocenters. The minimum Gasteiger partial charge on any atom is -0.353 e. The molecule has 0 aromatic rings. The van der Waals surface area contributed by atoms with Crippen molar-refractivity contribution in [2.75, 3.05) is 27.2 Å². The predicted octanol–water partition coefficient (Wildman–Crippen LogP) is 1.02. The maximum absolute atomic E-state index is 11.1. The number of hydrogen-bond donors (Lipinski definition) is 1. The summed E-state index contributed by atoms with van der Waals surface area (Å²) in [5, 5.41) is 2.83. The number of carbonyl (C=O) groups is 1. The topological polar surface area (TPSA) is 32.3 Å². The SMILES string of the molecule is CC(C)=CC(=O)NCCCN(C)C. The Morgan fingerprint density at radius 2 is 2.00 bits per heavy atom.